The number of rotatable bonds is 16. The van der Waals surface area contributed by atoms with Crippen molar-refractivity contribution in [3.05, 3.63) is 107 Å². The second-order valence-electron chi connectivity index (χ2n) is 16.8. The third kappa shape index (κ3) is 9.46. The number of H-pyrrole nitrogens is 1. The number of amides is 3. The minimum atomic E-state index is -4.37. The van der Waals surface area contributed by atoms with Gasteiger partial charge in [0.1, 0.15) is 29.4 Å². The first-order valence-electron chi connectivity index (χ1n) is 21.9. The zero-order chi connectivity index (χ0) is 47.0. The maximum Gasteiger partial charge on any atom is 0.301 e. The highest BCUT2D eigenvalue weighted by Crippen LogP contribution is 2.38. The number of aliphatic hydroxyl groups is 1. The third-order valence-corrected chi connectivity index (χ3v) is 14.0. The lowest BCUT2D eigenvalue weighted by atomic mass is 10.00. The van der Waals surface area contributed by atoms with E-state index in [1.54, 1.807) is 36.5 Å². The van der Waals surface area contributed by atoms with E-state index >= 15 is 8.78 Å². The summed E-state index contributed by atoms with van der Waals surface area (Å²) in [6, 6.07) is 15.0. The van der Waals surface area contributed by atoms with Gasteiger partial charge >= 0.3 is 10.2 Å². The van der Waals surface area contributed by atoms with Crippen LogP contribution in [0.3, 0.4) is 0 Å². The molecule has 4 aliphatic rings. The summed E-state index contributed by atoms with van der Waals surface area (Å²) in [5, 5.41) is 13.5. The summed E-state index contributed by atoms with van der Waals surface area (Å²) in [7, 11) is -4.37. The number of piperidine rings is 1. The Morgan fingerprint density at radius 3 is 2.46 bits per heavy atom. The van der Waals surface area contributed by atoms with Gasteiger partial charge in [0, 0.05) is 111 Å². The molecule has 5 aromatic rings. The number of ketones is 1. The molecule has 3 amide bonds. The number of fused-ring (bicyclic) bond motifs is 2. The minimum Gasteiger partial charge on any atom is -0.494 e. The Morgan fingerprint density at radius 2 is 1.72 bits per heavy atom. The number of ether oxygens (including phenoxy) is 2. The highest BCUT2D eigenvalue weighted by molar-refractivity contribution is 7.90. The van der Waals surface area contributed by atoms with Crippen LogP contribution >= 0.6 is 0 Å². The summed E-state index contributed by atoms with van der Waals surface area (Å²) in [5.74, 6) is -4.40. The van der Waals surface area contributed by atoms with Gasteiger partial charge in [-0.05, 0) is 60.9 Å². The van der Waals surface area contributed by atoms with E-state index in [-0.39, 0.29) is 31.4 Å². The van der Waals surface area contributed by atoms with Crippen LogP contribution in [-0.2, 0) is 24.5 Å². The van der Waals surface area contributed by atoms with E-state index in [0.29, 0.717) is 59.7 Å². The van der Waals surface area contributed by atoms with Gasteiger partial charge in [-0.1, -0.05) is 18.2 Å². The number of nitrogens with zero attached hydrogens (tertiary/aromatic N) is 5. The SMILES string of the molecule is O=C1CCC(N2C(=O)c3cc(N4CCN(CCOCCCOc5ccc(-c6cnc7[nH]cc(C(=O)c8c(F)ccc(NS(=O)(=O)N9CC[C@@H](F)C9)c8F)c7c6)cc5)CC4)ccc3C2O)C(=O)N1. The van der Waals surface area contributed by atoms with E-state index in [0.717, 1.165) is 65.3 Å². The summed E-state index contributed by atoms with van der Waals surface area (Å²) >= 11 is 0. The summed E-state index contributed by atoms with van der Waals surface area (Å²) in [6.45, 7) is 4.75. The number of benzene rings is 3. The fourth-order valence-corrected chi connectivity index (χ4v) is 10.1. The molecule has 67 heavy (non-hydrogen) atoms. The van der Waals surface area contributed by atoms with Gasteiger partial charge in [0.2, 0.25) is 17.6 Å². The number of carbonyl (C=O) groups excluding carboxylic acids is 4. The zero-order valence-corrected chi connectivity index (χ0v) is 36.9. The molecule has 352 valence electrons. The summed E-state index contributed by atoms with van der Waals surface area (Å²) in [4.78, 5) is 63.9. The first kappa shape index (κ1) is 45.8. The molecular formula is C46H47F3N8O9S. The van der Waals surface area contributed by atoms with Crippen molar-refractivity contribution in [3.63, 3.8) is 0 Å². The van der Waals surface area contributed by atoms with Crippen LogP contribution in [0.15, 0.2) is 73.1 Å². The largest absolute Gasteiger partial charge is 0.494 e. The van der Waals surface area contributed by atoms with Gasteiger partial charge in [-0.3, -0.25) is 39.0 Å². The molecule has 3 saturated heterocycles. The maximum atomic E-state index is 15.7. The number of aromatic amines is 1. The average molecular weight is 945 g/mol. The van der Waals surface area contributed by atoms with E-state index in [9.17, 15) is 37.1 Å². The van der Waals surface area contributed by atoms with E-state index in [4.69, 9.17) is 9.47 Å². The molecule has 17 nitrogen and oxygen atoms in total. The van der Waals surface area contributed by atoms with Crippen LogP contribution < -0.4 is 19.7 Å². The molecule has 0 aliphatic carbocycles. The summed E-state index contributed by atoms with van der Waals surface area (Å²) in [5.41, 5.74) is 1.61. The van der Waals surface area contributed by atoms with Crippen molar-refractivity contribution in [2.75, 3.05) is 75.3 Å². The molecular weight excluding hydrogens is 898 g/mol. The number of piperazine rings is 1. The lowest BCUT2D eigenvalue weighted by Gasteiger charge is -2.36. The molecule has 3 atom stereocenters. The number of nitrogens with one attached hydrogen (secondary N) is 3. The van der Waals surface area contributed by atoms with Crippen molar-refractivity contribution in [1.82, 2.24) is 29.4 Å². The standard InChI is InChI=1S/C46H47F3N8O9S/c47-29-12-13-56(26-29)67(63,64)53-37-9-8-36(48)40(41(37)49)42(59)35-25-51-43-33(35)22-28(24-50-43)27-2-5-31(6-3-27)66-20-1-19-65-21-18-54-14-16-55(17-15-54)30-4-7-32-34(23-30)46(62)57(45(32)61)38-10-11-39(58)52-44(38)60/h2-9,22-25,29,38,45,53,61H,1,10-21,26H2,(H,50,51)(H,52,58,60)/t29-,38?,45?/m1/s1. The van der Waals surface area contributed by atoms with Crippen LogP contribution in [0.2, 0.25) is 0 Å². The Kier molecular flexibility index (Phi) is 13.0. The molecule has 2 aromatic heterocycles. The molecule has 0 saturated carbocycles. The second kappa shape index (κ2) is 19.1. The predicted molar refractivity (Wildman–Crippen MR) is 238 cm³/mol. The van der Waals surface area contributed by atoms with E-state index in [1.165, 1.54) is 6.20 Å². The van der Waals surface area contributed by atoms with Crippen molar-refractivity contribution < 1.29 is 55.3 Å². The summed E-state index contributed by atoms with van der Waals surface area (Å²) in [6.07, 6.45) is 1.17. The monoisotopic (exact) mass is 944 g/mol. The molecule has 2 unspecified atom stereocenters. The fourth-order valence-electron chi connectivity index (χ4n) is 8.86. The van der Waals surface area contributed by atoms with Gasteiger partial charge in [-0.15, -0.1) is 0 Å². The van der Waals surface area contributed by atoms with Crippen LogP contribution in [-0.4, -0.2) is 139 Å². The smallest absolute Gasteiger partial charge is 0.301 e. The van der Waals surface area contributed by atoms with Gasteiger partial charge in [-0.2, -0.15) is 12.7 Å². The number of pyridine rings is 1. The minimum absolute atomic E-state index is 0.00718. The quantitative estimate of drug-likeness (QED) is 0.0621. The van der Waals surface area contributed by atoms with E-state index < -0.39 is 81.6 Å². The van der Waals surface area contributed by atoms with E-state index in [2.05, 4.69) is 25.1 Å². The Morgan fingerprint density at radius 1 is 0.925 bits per heavy atom. The number of carbonyl (C=O) groups is 4. The predicted octanol–water partition coefficient (Wildman–Crippen LogP) is 4.30. The van der Waals surface area contributed by atoms with Crippen molar-refractivity contribution in [1.29, 1.82) is 0 Å². The normalized spacial score (nSPS) is 20.4. The van der Waals surface area contributed by atoms with Crippen LogP contribution in [0.5, 0.6) is 5.75 Å². The zero-order valence-electron chi connectivity index (χ0n) is 36.1. The molecule has 4 aliphatic heterocycles. The van der Waals surface area contributed by atoms with Gasteiger partial charge in [0.05, 0.1) is 24.5 Å². The van der Waals surface area contributed by atoms with Crippen molar-refractivity contribution >= 4 is 56.1 Å². The Bertz CT molecular complexity index is 2840. The fraction of sp³-hybridized carbons (Fsp3) is 0.370. The molecule has 4 N–H and O–H groups in total. The average Bonchev–Trinajstić information content (AvgIpc) is 4.03. The number of anilines is 2. The molecule has 3 fully saturated rings. The van der Waals surface area contributed by atoms with Crippen LogP contribution in [0.25, 0.3) is 22.2 Å². The first-order chi connectivity index (χ1) is 32.3. The molecule has 6 heterocycles. The number of aromatic nitrogens is 2. The highest BCUT2D eigenvalue weighted by atomic mass is 32.2. The maximum absolute atomic E-state index is 15.7. The second-order valence-corrected chi connectivity index (χ2v) is 18.4. The van der Waals surface area contributed by atoms with Crippen LogP contribution in [0, 0.1) is 11.6 Å². The van der Waals surface area contributed by atoms with Crippen molar-refractivity contribution in [2.45, 2.75) is 44.1 Å². The van der Waals surface area contributed by atoms with Crippen molar-refractivity contribution in [2.24, 2.45) is 0 Å². The van der Waals surface area contributed by atoms with Gasteiger partial charge in [-0.25, -0.2) is 18.2 Å². The molecule has 9 rings (SSSR count). The first-order valence-corrected chi connectivity index (χ1v) is 23.4. The number of aliphatic hydroxyl groups excluding tert-OH is 1. The topological polar surface area (TPSA) is 207 Å². The highest BCUT2D eigenvalue weighted by Gasteiger charge is 2.44. The number of hydrogen-bond acceptors (Lipinski definition) is 12. The third-order valence-electron chi connectivity index (χ3n) is 12.5. The summed E-state index contributed by atoms with van der Waals surface area (Å²) < 4.78 is 84.6. The lowest BCUT2D eigenvalue weighted by molar-refractivity contribution is -0.139. The van der Waals surface area contributed by atoms with Gasteiger partial charge in [0.15, 0.2) is 12.0 Å². The number of halogens is 3. The van der Waals surface area contributed by atoms with Gasteiger partial charge in [0.25, 0.3) is 5.91 Å². The number of alkyl halides is 1. The molecule has 0 bridgehead atoms. The Hall–Kier alpha value is -6.39. The Labute approximate surface area is 383 Å². The molecule has 0 radical (unpaired) electrons. The van der Waals surface area contributed by atoms with Gasteiger partial charge < -0.3 is 24.5 Å². The number of hydrogen-bond donors (Lipinski definition) is 4. The molecule has 3 aromatic carbocycles. The van der Waals surface area contributed by atoms with Crippen LogP contribution in [0.4, 0.5) is 24.5 Å². The van der Waals surface area contributed by atoms with Crippen LogP contribution in [0.1, 0.15) is 63.8 Å². The van der Waals surface area contributed by atoms with Crippen molar-refractivity contribution in [3.8, 4) is 16.9 Å². The Balaban J connectivity index is 0.717. The van der Waals surface area contributed by atoms with E-state index in [1.807, 2.05) is 22.9 Å². The molecule has 0 spiro atoms. The number of imide groups is 1. The lowest BCUT2D eigenvalue weighted by Crippen LogP contribution is -2.53. The molecule has 21 heteroatoms.